The van der Waals surface area contributed by atoms with E-state index in [0.29, 0.717) is 13.2 Å². The summed E-state index contributed by atoms with van der Waals surface area (Å²) in [5.74, 6) is -0.195. The van der Waals surface area contributed by atoms with Gasteiger partial charge in [-0.05, 0) is 38.2 Å². The molecule has 0 unspecified atom stereocenters. The van der Waals surface area contributed by atoms with Crippen molar-refractivity contribution in [2.24, 2.45) is 0 Å². The zero-order valence-corrected chi connectivity index (χ0v) is 15.0. The summed E-state index contributed by atoms with van der Waals surface area (Å²) < 4.78 is 20.8. The van der Waals surface area contributed by atoms with Crippen molar-refractivity contribution >= 4 is 0 Å². The molecule has 1 aromatic heterocycles. The van der Waals surface area contributed by atoms with Crippen LogP contribution < -0.4 is 0 Å². The third-order valence-electron chi connectivity index (χ3n) is 4.38. The fourth-order valence-electron chi connectivity index (χ4n) is 2.97. The SMILES string of the molecule is CN(C)CCOCc1nnn2c1CN(Cc1ccc(F)cc1)CCC2. The second-order valence-corrected chi connectivity index (χ2v) is 6.75. The minimum atomic E-state index is -0.195. The summed E-state index contributed by atoms with van der Waals surface area (Å²) in [4.78, 5) is 4.45. The molecule has 25 heavy (non-hydrogen) atoms. The Morgan fingerprint density at radius 3 is 2.76 bits per heavy atom. The summed E-state index contributed by atoms with van der Waals surface area (Å²) in [5.41, 5.74) is 3.17. The topological polar surface area (TPSA) is 46.4 Å². The third kappa shape index (κ3) is 5.07. The van der Waals surface area contributed by atoms with E-state index in [-0.39, 0.29) is 5.82 Å². The van der Waals surface area contributed by atoms with E-state index < -0.39 is 0 Å². The molecule has 1 aromatic carbocycles. The van der Waals surface area contributed by atoms with Crippen LogP contribution in [0.2, 0.25) is 0 Å². The van der Waals surface area contributed by atoms with E-state index in [9.17, 15) is 4.39 Å². The smallest absolute Gasteiger partial charge is 0.123 e. The predicted octanol–water partition coefficient (Wildman–Crippen LogP) is 1.90. The Bertz CT molecular complexity index is 671. The maximum absolute atomic E-state index is 13.1. The fraction of sp³-hybridized carbons (Fsp3) is 0.556. The number of aromatic nitrogens is 3. The number of nitrogens with zero attached hydrogens (tertiary/aromatic N) is 5. The lowest BCUT2D eigenvalue weighted by Crippen LogP contribution is -2.23. The number of hydrogen-bond acceptors (Lipinski definition) is 5. The summed E-state index contributed by atoms with van der Waals surface area (Å²) in [6.07, 6.45) is 1.03. The number of likely N-dealkylation sites (N-methyl/N-ethyl adjacent to an activating group) is 1. The largest absolute Gasteiger partial charge is 0.374 e. The van der Waals surface area contributed by atoms with E-state index in [4.69, 9.17) is 4.74 Å². The van der Waals surface area contributed by atoms with Gasteiger partial charge in [0.1, 0.15) is 11.5 Å². The average molecular weight is 347 g/mol. The number of halogens is 1. The first kappa shape index (κ1) is 18.0. The normalized spacial score (nSPS) is 15.4. The van der Waals surface area contributed by atoms with E-state index >= 15 is 0 Å². The maximum atomic E-state index is 13.1. The van der Waals surface area contributed by atoms with Crippen LogP contribution in [0.15, 0.2) is 24.3 Å². The zero-order valence-electron chi connectivity index (χ0n) is 15.0. The van der Waals surface area contributed by atoms with Gasteiger partial charge in [-0.1, -0.05) is 17.3 Å². The van der Waals surface area contributed by atoms with Crippen LogP contribution >= 0.6 is 0 Å². The highest BCUT2D eigenvalue weighted by atomic mass is 19.1. The van der Waals surface area contributed by atoms with Gasteiger partial charge in [0, 0.05) is 32.7 Å². The molecule has 0 aliphatic carbocycles. The van der Waals surface area contributed by atoms with E-state index in [1.54, 1.807) is 0 Å². The molecule has 0 saturated heterocycles. The Balaban J connectivity index is 1.62. The number of benzene rings is 1. The molecule has 2 aromatic rings. The minimum Gasteiger partial charge on any atom is -0.374 e. The van der Waals surface area contributed by atoms with Crippen LogP contribution in [0.5, 0.6) is 0 Å². The van der Waals surface area contributed by atoms with Crippen LogP contribution in [-0.2, 0) is 31.0 Å². The van der Waals surface area contributed by atoms with Gasteiger partial charge in [-0.15, -0.1) is 5.10 Å². The molecule has 0 radical (unpaired) electrons. The first-order chi connectivity index (χ1) is 12.1. The van der Waals surface area contributed by atoms with Gasteiger partial charge in [-0.2, -0.15) is 0 Å². The van der Waals surface area contributed by atoms with Crippen molar-refractivity contribution in [3.8, 4) is 0 Å². The lowest BCUT2D eigenvalue weighted by molar-refractivity contribution is 0.102. The molecule has 2 heterocycles. The van der Waals surface area contributed by atoms with Gasteiger partial charge in [-0.25, -0.2) is 9.07 Å². The molecule has 0 bridgehead atoms. The maximum Gasteiger partial charge on any atom is 0.123 e. The standard InChI is InChI=1S/C18H26FN5O/c1-22(2)10-11-25-14-17-18-13-23(8-3-9-24(18)21-20-17)12-15-4-6-16(19)7-5-15/h4-7H,3,8-14H2,1-2H3. The first-order valence-electron chi connectivity index (χ1n) is 8.72. The Labute approximate surface area is 148 Å². The van der Waals surface area contributed by atoms with Crippen LogP contribution in [-0.4, -0.2) is 58.6 Å². The monoisotopic (exact) mass is 347 g/mol. The predicted molar refractivity (Wildman–Crippen MR) is 93.4 cm³/mol. The molecule has 0 fully saturated rings. The van der Waals surface area contributed by atoms with Crippen LogP contribution in [0.4, 0.5) is 4.39 Å². The molecule has 0 saturated carbocycles. The first-order valence-corrected chi connectivity index (χ1v) is 8.72. The summed E-state index contributed by atoms with van der Waals surface area (Å²) >= 11 is 0. The van der Waals surface area contributed by atoms with E-state index in [1.165, 1.54) is 12.1 Å². The second kappa shape index (κ2) is 8.51. The molecule has 3 rings (SSSR count). The molecule has 0 amide bonds. The minimum absolute atomic E-state index is 0.195. The van der Waals surface area contributed by atoms with Crippen molar-refractivity contribution in [2.45, 2.75) is 32.7 Å². The highest BCUT2D eigenvalue weighted by Crippen LogP contribution is 2.18. The summed E-state index contributed by atoms with van der Waals surface area (Å²) in [6.45, 7) is 5.51. The molecular weight excluding hydrogens is 321 g/mol. The number of hydrogen-bond donors (Lipinski definition) is 0. The quantitative estimate of drug-likeness (QED) is 0.716. The molecule has 6 nitrogen and oxygen atoms in total. The number of aryl methyl sites for hydroxylation is 1. The van der Waals surface area contributed by atoms with Gasteiger partial charge >= 0.3 is 0 Å². The molecule has 1 aliphatic heterocycles. The van der Waals surface area contributed by atoms with E-state index in [1.807, 2.05) is 30.9 Å². The van der Waals surface area contributed by atoms with Crippen molar-refractivity contribution in [2.75, 3.05) is 33.8 Å². The van der Waals surface area contributed by atoms with Crippen LogP contribution in [0.1, 0.15) is 23.4 Å². The molecule has 136 valence electrons. The lowest BCUT2D eigenvalue weighted by Gasteiger charge is -2.20. The van der Waals surface area contributed by atoms with Gasteiger partial charge < -0.3 is 9.64 Å². The van der Waals surface area contributed by atoms with Crippen molar-refractivity contribution in [3.63, 3.8) is 0 Å². The van der Waals surface area contributed by atoms with Crippen molar-refractivity contribution < 1.29 is 9.13 Å². The van der Waals surface area contributed by atoms with Crippen molar-refractivity contribution in [1.29, 1.82) is 0 Å². The van der Waals surface area contributed by atoms with Crippen LogP contribution in [0.25, 0.3) is 0 Å². The van der Waals surface area contributed by atoms with Crippen LogP contribution in [0, 0.1) is 5.82 Å². The number of ether oxygens (including phenoxy) is 1. The Kier molecular flexibility index (Phi) is 6.12. The highest BCUT2D eigenvalue weighted by molar-refractivity contribution is 5.17. The van der Waals surface area contributed by atoms with Gasteiger partial charge in [0.2, 0.25) is 0 Å². The van der Waals surface area contributed by atoms with E-state index in [0.717, 1.165) is 56.1 Å². The number of fused-ring (bicyclic) bond motifs is 1. The molecule has 1 aliphatic rings. The molecule has 0 N–H and O–H groups in total. The highest BCUT2D eigenvalue weighted by Gasteiger charge is 2.20. The zero-order chi connectivity index (χ0) is 17.6. The molecular formula is C18H26FN5O. The van der Waals surface area contributed by atoms with E-state index in [2.05, 4.69) is 20.1 Å². The van der Waals surface area contributed by atoms with Gasteiger partial charge in [0.25, 0.3) is 0 Å². The van der Waals surface area contributed by atoms with Crippen LogP contribution in [0.3, 0.4) is 0 Å². The summed E-state index contributed by atoms with van der Waals surface area (Å²) in [6, 6.07) is 6.73. The second-order valence-electron chi connectivity index (χ2n) is 6.75. The van der Waals surface area contributed by atoms with Gasteiger partial charge in [0.15, 0.2) is 0 Å². The summed E-state index contributed by atoms with van der Waals surface area (Å²) in [5, 5.41) is 8.59. The van der Waals surface area contributed by atoms with Crippen molar-refractivity contribution in [1.82, 2.24) is 24.8 Å². The lowest BCUT2D eigenvalue weighted by atomic mass is 10.2. The Morgan fingerprint density at radius 1 is 1.20 bits per heavy atom. The Morgan fingerprint density at radius 2 is 2.00 bits per heavy atom. The molecule has 7 heteroatoms. The third-order valence-corrected chi connectivity index (χ3v) is 4.38. The van der Waals surface area contributed by atoms with Gasteiger partial charge in [-0.3, -0.25) is 4.90 Å². The average Bonchev–Trinajstić information content (AvgIpc) is 2.83. The Hall–Kier alpha value is -1.83. The summed E-state index contributed by atoms with van der Waals surface area (Å²) in [7, 11) is 4.06. The molecule has 0 spiro atoms. The fourth-order valence-corrected chi connectivity index (χ4v) is 2.97. The molecule has 0 atom stereocenters. The van der Waals surface area contributed by atoms with Gasteiger partial charge in [0.05, 0.1) is 18.9 Å². The number of rotatable bonds is 7. The van der Waals surface area contributed by atoms with Crippen molar-refractivity contribution in [3.05, 3.63) is 47.0 Å².